The van der Waals surface area contributed by atoms with E-state index in [1.807, 2.05) is 6.07 Å². The van der Waals surface area contributed by atoms with E-state index in [0.717, 1.165) is 17.7 Å². The Kier molecular flexibility index (Phi) is 3.29. The lowest BCUT2D eigenvalue weighted by molar-refractivity contribution is 0.507. The molecule has 1 fully saturated rings. The lowest BCUT2D eigenvalue weighted by atomic mass is 10.1. The van der Waals surface area contributed by atoms with Crippen LogP contribution in [-0.2, 0) is 0 Å². The fourth-order valence-electron chi connectivity index (χ4n) is 2.73. The summed E-state index contributed by atoms with van der Waals surface area (Å²) < 4.78 is 26.4. The first-order chi connectivity index (χ1) is 11.2. The van der Waals surface area contributed by atoms with Crippen molar-refractivity contribution in [3.05, 3.63) is 71.8 Å². The quantitative estimate of drug-likeness (QED) is 0.743. The van der Waals surface area contributed by atoms with Crippen LogP contribution in [0.2, 0.25) is 0 Å². The third kappa shape index (κ3) is 2.67. The third-order valence-electron chi connectivity index (χ3n) is 3.99. The number of rotatable bonds is 3. The molecule has 0 N–H and O–H groups in total. The van der Waals surface area contributed by atoms with E-state index in [9.17, 15) is 8.78 Å². The van der Waals surface area contributed by atoms with E-state index < -0.39 is 11.6 Å². The van der Waals surface area contributed by atoms with Gasteiger partial charge in [0.05, 0.1) is 0 Å². The van der Waals surface area contributed by atoms with E-state index in [-0.39, 0.29) is 11.8 Å². The zero-order chi connectivity index (χ0) is 15.8. The minimum atomic E-state index is -0.823. The van der Waals surface area contributed by atoms with Crippen molar-refractivity contribution in [2.45, 2.75) is 18.3 Å². The summed E-state index contributed by atoms with van der Waals surface area (Å²) >= 11 is 0. The Labute approximate surface area is 131 Å². The Bertz CT molecular complexity index is 854. The molecule has 0 amide bonds. The maximum absolute atomic E-state index is 13.4. The van der Waals surface area contributed by atoms with Crippen molar-refractivity contribution in [1.29, 1.82) is 0 Å². The summed E-state index contributed by atoms with van der Waals surface area (Å²) in [6.45, 7) is 0. The Balaban J connectivity index is 1.59. The second kappa shape index (κ2) is 5.46. The average molecular weight is 310 g/mol. The average Bonchev–Trinajstić information content (AvgIpc) is 3.39. The molecule has 3 aromatic rings. The van der Waals surface area contributed by atoms with Crippen LogP contribution in [0.25, 0.3) is 11.6 Å². The molecule has 2 atom stereocenters. The van der Waals surface area contributed by atoms with Crippen LogP contribution in [0.3, 0.4) is 0 Å². The highest BCUT2D eigenvalue weighted by Gasteiger charge is 2.41. The molecule has 0 bridgehead atoms. The summed E-state index contributed by atoms with van der Waals surface area (Å²) in [5, 5.41) is 0. The Morgan fingerprint density at radius 3 is 2.39 bits per heavy atom. The number of hydrogen-bond acceptors (Lipinski definition) is 4. The van der Waals surface area contributed by atoms with Crippen LogP contribution in [0, 0.1) is 11.6 Å². The first-order valence-corrected chi connectivity index (χ1v) is 7.27. The number of benzene rings is 1. The smallest absolute Gasteiger partial charge is 0.197 e. The predicted octanol–water partition coefficient (Wildman–Crippen LogP) is 3.48. The van der Waals surface area contributed by atoms with Gasteiger partial charge in [-0.3, -0.25) is 0 Å². The molecule has 0 radical (unpaired) electrons. The van der Waals surface area contributed by atoms with Gasteiger partial charge in [0.15, 0.2) is 23.3 Å². The van der Waals surface area contributed by atoms with Gasteiger partial charge in [-0.25, -0.2) is 28.7 Å². The highest BCUT2D eigenvalue weighted by atomic mass is 19.2. The zero-order valence-electron chi connectivity index (χ0n) is 12.0. The van der Waals surface area contributed by atoms with Crippen LogP contribution in [0.4, 0.5) is 8.78 Å². The normalized spacial score (nSPS) is 19.6. The van der Waals surface area contributed by atoms with Gasteiger partial charge in [-0.1, -0.05) is 6.07 Å². The van der Waals surface area contributed by atoms with Gasteiger partial charge in [-0.2, -0.15) is 0 Å². The maximum Gasteiger partial charge on any atom is 0.197 e. The van der Waals surface area contributed by atoms with Crippen molar-refractivity contribution in [2.24, 2.45) is 0 Å². The highest BCUT2D eigenvalue weighted by Crippen LogP contribution is 2.54. The topological polar surface area (TPSA) is 51.6 Å². The molecule has 0 spiro atoms. The standard InChI is InChI=1S/C17H12F2N4/c18-13-3-2-10(8-14(13)19)11-9-12(11)15-4-7-22-17(23-15)16-20-5-1-6-21-16/h1-8,11-12H,9H2/t11-,12+/m0/s1. The molecule has 4 nitrogen and oxygen atoms in total. The van der Waals surface area contributed by atoms with E-state index in [0.29, 0.717) is 11.6 Å². The molecule has 114 valence electrons. The molecule has 2 aromatic heterocycles. The molecule has 1 saturated carbocycles. The molecule has 1 aliphatic carbocycles. The fourth-order valence-corrected chi connectivity index (χ4v) is 2.73. The Morgan fingerprint density at radius 2 is 1.61 bits per heavy atom. The summed E-state index contributed by atoms with van der Waals surface area (Å²) in [5.74, 6) is -0.348. The Morgan fingerprint density at radius 1 is 0.826 bits per heavy atom. The van der Waals surface area contributed by atoms with Crippen LogP contribution in [-0.4, -0.2) is 19.9 Å². The van der Waals surface area contributed by atoms with Crippen LogP contribution in [0.5, 0.6) is 0 Å². The molecule has 4 rings (SSSR count). The van der Waals surface area contributed by atoms with E-state index >= 15 is 0 Å². The number of halogens is 2. The summed E-state index contributed by atoms with van der Waals surface area (Å²) in [6, 6.07) is 7.64. The fraction of sp³-hybridized carbons (Fsp3) is 0.176. The second-order valence-electron chi connectivity index (χ2n) is 5.50. The minimum absolute atomic E-state index is 0.157. The largest absolute Gasteiger partial charge is 0.234 e. The lowest BCUT2D eigenvalue weighted by Gasteiger charge is -2.03. The third-order valence-corrected chi connectivity index (χ3v) is 3.99. The second-order valence-corrected chi connectivity index (χ2v) is 5.50. The van der Waals surface area contributed by atoms with Gasteiger partial charge in [0.25, 0.3) is 0 Å². The van der Waals surface area contributed by atoms with Crippen LogP contribution in [0.15, 0.2) is 48.9 Å². The van der Waals surface area contributed by atoms with Gasteiger partial charge in [-0.05, 0) is 42.2 Å². The Hall–Kier alpha value is -2.76. The maximum atomic E-state index is 13.4. The monoisotopic (exact) mass is 310 g/mol. The molecule has 0 aliphatic heterocycles. The zero-order valence-corrected chi connectivity index (χ0v) is 12.0. The summed E-state index contributed by atoms with van der Waals surface area (Å²) in [5.41, 5.74) is 1.67. The van der Waals surface area contributed by atoms with Gasteiger partial charge >= 0.3 is 0 Å². The van der Waals surface area contributed by atoms with Crippen LogP contribution in [0.1, 0.15) is 29.5 Å². The van der Waals surface area contributed by atoms with Gasteiger partial charge in [0, 0.05) is 30.2 Å². The molecular formula is C17H12F2N4. The van der Waals surface area contributed by atoms with Crippen molar-refractivity contribution in [1.82, 2.24) is 19.9 Å². The van der Waals surface area contributed by atoms with Crippen molar-refractivity contribution in [3.63, 3.8) is 0 Å². The SMILES string of the molecule is Fc1ccc([C@@H]2C[C@H]2c2ccnc(-c3ncccn3)n2)cc1F. The first kappa shape index (κ1) is 13.9. The van der Waals surface area contributed by atoms with Crippen molar-refractivity contribution in [3.8, 4) is 11.6 Å². The molecule has 0 saturated heterocycles. The molecular weight excluding hydrogens is 298 g/mol. The minimum Gasteiger partial charge on any atom is -0.234 e. The van der Waals surface area contributed by atoms with Gasteiger partial charge in [-0.15, -0.1) is 0 Å². The van der Waals surface area contributed by atoms with Gasteiger partial charge in [0.2, 0.25) is 0 Å². The first-order valence-electron chi connectivity index (χ1n) is 7.27. The molecule has 23 heavy (non-hydrogen) atoms. The summed E-state index contributed by atoms with van der Waals surface area (Å²) in [6.07, 6.45) is 5.81. The van der Waals surface area contributed by atoms with Crippen molar-refractivity contribution in [2.75, 3.05) is 0 Å². The van der Waals surface area contributed by atoms with Crippen molar-refractivity contribution >= 4 is 0 Å². The molecule has 6 heteroatoms. The highest BCUT2D eigenvalue weighted by molar-refractivity contribution is 5.43. The molecule has 2 heterocycles. The summed E-state index contributed by atoms with van der Waals surface area (Å²) in [4.78, 5) is 17.0. The van der Waals surface area contributed by atoms with Crippen LogP contribution < -0.4 is 0 Å². The van der Waals surface area contributed by atoms with Gasteiger partial charge in [0.1, 0.15) is 0 Å². The number of nitrogens with zero attached hydrogens (tertiary/aromatic N) is 4. The molecule has 0 unspecified atom stereocenters. The molecule has 1 aromatic carbocycles. The van der Waals surface area contributed by atoms with Crippen LogP contribution >= 0.6 is 0 Å². The van der Waals surface area contributed by atoms with Crippen molar-refractivity contribution < 1.29 is 8.78 Å². The lowest BCUT2D eigenvalue weighted by Crippen LogP contribution is -1.97. The van der Waals surface area contributed by atoms with Gasteiger partial charge < -0.3 is 0 Å². The van der Waals surface area contributed by atoms with E-state index in [2.05, 4.69) is 19.9 Å². The predicted molar refractivity (Wildman–Crippen MR) is 79.5 cm³/mol. The summed E-state index contributed by atoms with van der Waals surface area (Å²) in [7, 11) is 0. The van der Waals surface area contributed by atoms with E-state index in [1.54, 1.807) is 30.7 Å². The number of aromatic nitrogens is 4. The number of hydrogen-bond donors (Lipinski definition) is 0. The van der Waals surface area contributed by atoms with E-state index in [4.69, 9.17) is 0 Å². The van der Waals surface area contributed by atoms with E-state index in [1.165, 1.54) is 12.1 Å². The molecule has 1 aliphatic rings.